The van der Waals surface area contributed by atoms with Crippen LogP contribution in [0.2, 0.25) is 0 Å². The van der Waals surface area contributed by atoms with E-state index in [1.165, 1.54) is 4.90 Å². The Morgan fingerprint density at radius 1 is 1.36 bits per heavy atom. The number of carbonyl (C=O) groups excluding carboxylic acids is 1. The number of nitrogens with zero attached hydrogens (tertiary/aromatic N) is 1. The first-order valence-electron chi connectivity index (χ1n) is 4.64. The lowest BCUT2D eigenvalue weighted by molar-refractivity contribution is -0.139. The quantitative estimate of drug-likeness (QED) is 0.659. The molecule has 3 N–H and O–H groups in total. The first kappa shape index (κ1) is 12.9. The summed E-state index contributed by atoms with van der Waals surface area (Å²) in [5, 5.41) is 8.50. The Labute approximate surface area is 83.9 Å². The highest BCUT2D eigenvalue weighted by Gasteiger charge is 2.20. The van der Waals surface area contributed by atoms with Crippen molar-refractivity contribution in [3.63, 3.8) is 0 Å². The number of hydrogen-bond acceptors (Lipinski definition) is 3. The van der Waals surface area contributed by atoms with E-state index in [0.29, 0.717) is 0 Å². The van der Waals surface area contributed by atoms with Crippen LogP contribution in [-0.2, 0) is 9.59 Å². The lowest BCUT2D eigenvalue weighted by Gasteiger charge is -2.27. The number of carboxylic acids is 1. The first-order valence-corrected chi connectivity index (χ1v) is 4.64. The zero-order chi connectivity index (χ0) is 11.3. The second-order valence-corrected chi connectivity index (χ2v) is 3.56. The molecule has 0 saturated heterocycles. The van der Waals surface area contributed by atoms with Gasteiger partial charge in [0.05, 0.1) is 12.5 Å². The van der Waals surface area contributed by atoms with Gasteiger partial charge < -0.3 is 15.7 Å². The molecule has 0 rings (SSSR count). The van der Waals surface area contributed by atoms with Crippen molar-refractivity contribution in [2.24, 2.45) is 5.73 Å². The fourth-order valence-corrected chi connectivity index (χ4v) is 1.10. The summed E-state index contributed by atoms with van der Waals surface area (Å²) in [6.07, 6.45) is -0.0450. The van der Waals surface area contributed by atoms with E-state index in [0.717, 1.165) is 0 Å². The molecule has 1 amide bonds. The Hall–Kier alpha value is -1.10. The molecule has 1 unspecified atom stereocenters. The van der Waals surface area contributed by atoms with E-state index in [9.17, 15) is 9.59 Å². The summed E-state index contributed by atoms with van der Waals surface area (Å²) in [7, 11) is 0. The molecular weight excluding hydrogens is 184 g/mol. The molecule has 0 aliphatic rings. The predicted molar refractivity (Wildman–Crippen MR) is 52.8 cm³/mol. The maximum Gasteiger partial charge on any atom is 0.305 e. The van der Waals surface area contributed by atoms with Gasteiger partial charge in [-0.2, -0.15) is 0 Å². The predicted octanol–water partition coefficient (Wildman–Crippen LogP) is 0.0453. The van der Waals surface area contributed by atoms with Crippen LogP contribution in [0.15, 0.2) is 0 Å². The van der Waals surface area contributed by atoms with Gasteiger partial charge in [-0.3, -0.25) is 9.59 Å². The SMILES string of the molecule is CC(N)C(=O)N(CCC(=O)O)C(C)C. The summed E-state index contributed by atoms with van der Waals surface area (Å²) < 4.78 is 0. The number of carbonyl (C=O) groups is 2. The molecule has 5 heteroatoms. The van der Waals surface area contributed by atoms with E-state index in [1.54, 1.807) is 6.92 Å². The number of carboxylic acid groups (broad SMARTS) is 1. The third kappa shape index (κ3) is 4.23. The maximum atomic E-state index is 11.5. The van der Waals surface area contributed by atoms with E-state index in [-0.39, 0.29) is 24.9 Å². The average Bonchev–Trinajstić information content (AvgIpc) is 2.02. The lowest BCUT2D eigenvalue weighted by Crippen LogP contribution is -2.46. The van der Waals surface area contributed by atoms with E-state index >= 15 is 0 Å². The van der Waals surface area contributed by atoms with Gasteiger partial charge in [-0.25, -0.2) is 0 Å². The van der Waals surface area contributed by atoms with E-state index in [4.69, 9.17) is 10.8 Å². The van der Waals surface area contributed by atoms with Crippen molar-refractivity contribution in [1.82, 2.24) is 4.90 Å². The molecule has 5 nitrogen and oxygen atoms in total. The van der Waals surface area contributed by atoms with Crippen molar-refractivity contribution in [3.8, 4) is 0 Å². The zero-order valence-electron chi connectivity index (χ0n) is 8.86. The number of hydrogen-bond donors (Lipinski definition) is 2. The van der Waals surface area contributed by atoms with E-state index < -0.39 is 12.0 Å². The van der Waals surface area contributed by atoms with Crippen LogP contribution < -0.4 is 5.73 Å². The Morgan fingerprint density at radius 3 is 2.14 bits per heavy atom. The fraction of sp³-hybridized carbons (Fsp3) is 0.778. The Bertz CT molecular complexity index is 214. The molecule has 0 fully saturated rings. The number of rotatable bonds is 5. The third-order valence-corrected chi connectivity index (χ3v) is 1.86. The number of aliphatic carboxylic acids is 1. The maximum absolute atomic E-state index is 11.5. The summed E-state index contributed by atoms with van der Waals surface area (Å²) in [5.41, 5.74) is 5.44. The number of nitrogens with two attached hydrogens (primary N) is 1. The minimum absolute atomic E-state index is 0.0205. The van der Waals surface area contributed by atoms with Crippen molar-refractivity contribution >= 4 is 11.9 Å². The molecule has 0 heterocycles. The van der Waals surface area contributed by atoms with Crippen LogP contribution in [0.4, 0.5) is 0 Å². The topological polar surface area (TPSA) is 83.6 Å². The third-order valence-electron chi connectivity index (χ3n) is 1.86. The molecule has 0 aliphatic heterocycles. The smallest absolute Gasteiger partial charge is 0.305 e. The van der Waals surface area contributed by atoms with Crippen molar-refractivity contribution in [2.45, 2.75) is 39.3 Å². The van der Waals surface area contributed by atoms with Crippen LogP contribution in [0.3, 0.4) is 0 Å². The van der Waals surface area contributed by atoms with Gasteiger partial charge in [0.15, 0.2) is 0 Å². The van der Waals surface area contributed by atoms with E-state index in [1.807, 2.05) is 13.8 Å². The van der Waals surface area contributed by atoms with Gasteiger partial charge in [0.25, 0.3) is 0 Å². The molecule has 0 radical (unpaired) electrons. The monoisotopic (exact) mass is 202 g/mol. The lowest BCUT2D eigenvalue weighted by atomic mass is 10.2. The first-order chi connectivity index (χ1) is 6.36. The summed E-state index contributed by atoms with van der Waals surface area (Å²) >= 11 is 0. The highest BCUT2D eigenvalue weighted by Crippen LogP contribution is 2.02. The van der Waals surface area contributed by atoms with Crippen LogP contribution in [0.1, 0.15) is 27.2 Å². The molecule has 0 saturated carbocycles. The molecule has 14 heavy (non-hydrogen) atoms. The van der Waals surface area contributed by atoms with Crippen LogP contribution in [0.5, 0.6) is 0 Å². The second kappa shape index (κ2) is 5.59. The van der Waals surface area contributed by atoms with Gasteiger partial charge in [-0.15, -0.1) is 0 Å². The van der Waals surface area contributed by atoms with Gasteiger partial charge >= 0.3 is 5.97 Å². The standard InChI is InChI=1S/C9H18N2O3/c1-6(2)11(5-4-8(12)13)9(14)7(3)10/h6-7H,4-5,10H2,1-3H3,(H,12,13). The summed E-state index contributed by atoms with van der Waals surface area (Å²) in [4.78, 5) is 23.3. The minimum Gasteiger partial charge on any atom is -0.481 e. The van der Waals surface area contributed by atoms with Crippen molar-refractivity contribution < 1.29 is 14.7 Å². The van der Waals surface area contributed by atoms with E-state index in [2.05, 4.69) is 0 Å². The average molecular weight is 202 g/mol. The van der Waals surface area contributed by atoms with Crippen molar-refractivity contribution in [1.29, 1.82) is 0 Å². The van der Waals surface area contributed by atoms with Crippen LogP contribution >= 0.6 is 0 Å². The fourth-order valence-electron chi connectivity index (χ4n) is 1.10. The van der Waals surface area contributed by atoms with Gasteiger partial charge in [0.2, 0.25) is 5.91 Å². The van der Waals surface area contributed by atoms with Crippen LogP contribution in [-0.4, -0.2) is 40.5 Å². The Kier molecular flexibility index (Phi) is 5.15. The number of amides is 1. The van der Waals surface area contributed by atoms with Gasteiger partial charge in [-0.05, 0) is 20.8 Å². The summed E-state index contributed by atoms with van der Waals surface area (Å²) in [6, 6.07) is -0.598. The molecule has 0 bridgehead atoms. The molecule has 0 aromatic rings. The summed E-state index contributed by atoms with van der Waals surface area (Å²) in [6.45, 7) is 5.48. The molecule has 0 aromatic heterocycles. The highest BCUT2D eigenvalue weighted by molar-refractivity contribution is 5.81. The van der Waals surface area contributed by atoms with Crippen molar-refractivity contribution in [3.05, 3.63) is 0 Å². The highest BCUT2D eigenvalue weighted by atomic mass is 16.4. The van der Waals surface area contributed by atoms with Gasteiger partial charge in [-0.1, -0.05) is 0 Å². The Morgan fingerprint density at radius 2 is 1.86 bits per heavy atom. The zero-order valence-corrected chi connectivity index (χ0v) is 8.86. The normalized spacial score (nSPS) is 12.6. The van der Waals surface area contributed by atoms with Crippen LogP contribution in [0, 0.1) is 0 Å². The molecule has 0 aliphatic carbocycles. The molecule has 0 aromatic carbocycles. The van der Waals surface area contributed by atoms with Crippen LogP contribution in [0.25, 0.3) is 0 Å². The molecular formula is C9H18N2O3. The second-order valence-electron chi connectivity index (χ2n) is 3.56. The molecule has 82 valence electrons. The largest absolute Gasteiger partial charge is 0.481 e. The Balaban J connectivity index is 4.29. The van der Waals surface area contributed by atoms with Gasteiger partial charge in [0.1, 0.15) is 0 Å². The molecule has 1 atom stereocenters. The summed E-state index contributed by atoms with van der Waals surface area (Å²) in [5.74, 6) is -1.12. The van der Waals surface area contributed by atoms with Gasteiger partial charge in [0, 0.05) is 12.6 Å². The minimum atomic E-state index is -0.909. The molecule has 0 spiro atoms. The van der Waals surface area contributed by atoms with Crippen molar-refractivity contribution in [2.75, 3.05) is 6.54 Å².